The summed E-state index contributed by atoms with van der Waals surface area (Å²) < 4.78 is 1.87. The second-order valence-corrected chi connectivity index (χ2v) is 5.82. The number of hydrogen-bond acceptors (Lipinski definition) is 7. The van der Waals surface area contributed by atoms with E-state index in [2.05, 4.69) is 35.1 Å². The summed E-state index contributed by atoms with van der Waals surface area (Å²) >= 11 is 0. The smallest absolute Gasteiger partial charge is 0.182 e. The summed E-state index contributed by atoms with van der Waals surface area (Å²) in [7, 11) is 0. The first-order chi connectivity index (χ1) is 11.2. The third kappa shape index (κ3) is 2.52. The van der Waals surface area contributed by atoms with Crippen molar-refractivity contribution in [2.24, 2.45) is 0 Å². The Hall–Kier alpha value is -2.55. The number of aromatic nitrogens is 7. The quantitative estimate of drug-likeness (QED) is 0.737. The van der Waals surface area contributed by atoms with Crippen LogP contribution in [0.3, 0.4) is 0 Å². The van der Waals surface area contributed by atoms with Crippen molar-refractivity contribution in [1.82, 2.24) is 34.9 Å². The van der Waals surface area contributed by atoms with E-state index in [1.807, 2.05) is 10.9 Å². The highest BCUT2D eigenvalue weighted by Gasteiger charge is 2.24. The molecule has 4 heterocycles. The maximum absolute atomic E-state index is 9.56. The maximum atomic E-state index is 9.56. The van der Waals surface area contributed by atoms with Gasteiger partial charge in [-0.3, -0.25) is 0 Å². The highest BCUT2D eigenvalue weighted by atomic mass is 16.3. The molecule has 0 amide bonds. The number of aromatic amines is 1. The Morgan fingerprint density at radius 2 is 2.09 bits per heavy atom. The molecule has 1 atom stereocenters. The Bertz CT molecular complexity index is 802. The zero-order valence-corrected chi connectivity index (χ0v) is 12.8. The number of piperidine rings is 1. The van der Waals surface area contributed by atoms with E-state index in [1.165, 1.54) is 0 Å². The Balaban J connectivity index is 1.49. The zero-order valence-electron chi connectivity index (χ0n) is 12.8. The van der Waals surface area contributed by atoms with E-state index in [-0.39, 0.29) is 0 Å². The molecule has 0 bridgehead atoms. The summed E-state index contributed by atoms with van der Waals surface area (Å²) in [5.41, 5.74) is 2.18. The van der Waals surface area contributed by atoms with Crippen molar-refractivity contribution in [3.63, 3.8) is 0 Å². The molecule has 9 heteroatoms. The molecule has 3 aromatic heterocycles. The molecule has 0 spiro atoms. The molecule has 1 unspecified atom stereocenters. The topological polar surface area (TPSA) is 109 Å². The standard InChI is InChI=1S/C14H18N8O/c1-9(23)11-6-22(20-19-11)10-2-4-21(5-3-10)14-12-13(16-7-15-12)17-8-18-14/h6-10,23H,2-5H2,1H3,(H,15,16,17,18). The number of aliphatic hydroxyl groups excluding tert-OH is 1. The van der Waals surface area contributed by atoms with Gasteiger partial charge in [0.15, 0.2) is 11.5 Å². The largest absolute Gasteiger partial charge is 0.387 e. The van der Waals surface area contributed by atoms with E-state index >= 15 is 0 Å². The average Bonchev–Trinajstić information content (AvgIpc) is 3.24. The molecule has 4 rings (SSSR count). The number of nitrogens with one attached hydrogen (secondary N) is 1. The van der Waals surface area contributed by atoms with E-state index in [1.54, 1.807) is 19.6 Å². The summed E-state index contributed by atoms with van der Waals surface area (Å²) in [6.07, 6.45) is 6.34. The monoisotopic (exact) mass is 314 g/mol. The average molecular weight is 314 g/mol. The number of nitrogens with zero attached hydrogens (tertiary/aromatic N) is 7. The first-order valence-corrected chi connectivity index (χ1v) is 7.71. The predicted molar refractivity (Wildman–Crippen MR) is 82.8 cm³/mol. The van der Waals surface area contributed by atoms with Crippen LogP contribution in [0.15, 0.2) is 18.9 Å². The third-order valence-corrected chi connectivity index (χ3v) is 4.30. The van der Waals surface area contributed by atoms with Gasteiger partial charge in [-0.1, -0.05) is 5.21 Å². The first-order valence-electron chi connectivity index (χ1n) is 7.71. The highest BCUT2D eigenvalue weighted by Crippen LogP contribution is 2.28. The maximum Gasteiger partial charge on any atom is 0.182 e. The minimum absolute atomic E-state index is 0.297. The molecule has 1 saturated heterocycles. The molecule has 120 valence electrons. The molecular weight excluding hydrogens is 296 g/mol. The summed E-state index contributed by atoms with van der Waals surface area (Å²) in [6.45, 7) is 3.45. The van der Waals surface area contributed by atoms with Gasteiger partial charge >= 0.3 is 0 Å². The molecule has 1 aliphatic heterocycles. The van der Waals surface area contributed by atoms with Crippen molar-refractivity contribution in [2.45, 2.75) is 31.9 Å². The van der Waals surface area contributed by atoms with Crippen molar-refractivity contribution < 1.29 is 5.11 Å². The third-order valence-electron chi connectivity index (χ3n) is 4.30. The minimum atomic E-state index is -0.585. The van der Waals surface area contributed by atoms with Crippen LogP contribution in [0.2, 0.25) is 0 Å². The van der Waals surface area contributed by atoms with Crippen LogP contribution in [0.5, 0.6) is 0 Å². The van der Waals surface area contributed by atoms with Crippen LogP contribution in [0.25, 0.3) is 11.2 Å². The predicted octanol–water partition coefficient (Wildman–Crippen LogP) is 0.839. The zero-order chi connectivity index (χ0) is 15.8. The van der Waals surface area contributed by atoms with Gasteiger partial charge in [-0.15, -0.1) is 5.10 Å². The fraction of sp³-hybridized carbons (Fsp3) is 0.500. The van der Waals surface area contributed by atoms with Gasteiger partial charge in [0.05, 0.1) is 24.7 Å². The number of rotatable bonds is 3. The van der Waals surface area contributed by atoms with Crippen molar-refractivity contribution in [3.05, 3.63) is 24.5 Å². The van der Waals surface area contributed by atoms with Gasteiger partial charge in [0.2, 0.25) is 0 Å². The number of aliphatic hydroxyl groups is 1. The van der Waals surface area contributed by atoms with Gasteiger partial charge in [0.1, 0.15) is 17.5 Å². The Labute approximate surface area is 132 Å². The second-order valence-electron chi connectivity index (χ2n) is 5.82. The van der Waals surface area contributed by atoms with Gasteiger partial charge in [-0.2, -0.15) is 0 Å². The summed E-state index contributed by atoms with van der Waals surface area (Å²) in [4.78, 5) is 18.1. The second kappa shape index (κ2) is 5.58. The van der Waals surface area contributed by atoms with Gasteiger partial charge < -0.3 is 15.0 Å². The van der Waals surface area contributed by atoms with Crippen molar-refractivity contribution in [1.29, 1.82) is 0 Å². The number of imidazole rings is 1. The molecular formula is C14H18N8O. The summed E-state index contributed by atoms with van der Waals surface area (Å²) in [5, 5.41) is 17.7. The Kier molecular flexibility index (Phi) is 3.41. The molecule has 9 nitrogen and oxygen atoms in total. The van der Waals surface area contributed by atoms with Crippen LogP contribution in [-0.2, 0) is 0 Å². The Morgan fingerprint density at radius 1 is 1.26 bits per heavy atom. The van der Waals surface area contributed by atoms with Crippen LogP contribution in [0.1, 0.15) is 37.6 Å². The lowest BCUT2D eigenvalue weighted by Crippen LogP contribution is -2.35. The molecule has 1 aliphatic rings. The van der Waals surface area contributed by atoms with E-state index in [9.17, 15) is 5.11 Å². The number of hydrogen-bond donors (Lipinski definition) is 2. The van der Waals surface area contributed by atoms with Crippen molar-refractivity contribution >= 4 is 17.0 Å². The van der Waals surface area contributed by atoms with Gasteiger partial charge in [-0.05, 0) is 19.8 Å². The highest BCUT2D eigenvalue weighted by molar-refractivity contribution is 5.82. The van der Waals surface area contributed by atoms with Crippen LogP contribution in [0, 0.1) is 0 Å². The molecule has 3 aromatic rings. The number of fused-ring (bicyclic) bond motifs is 1. The van der Waals surface area contributed by atoms with Gasteiger partial charge in [0.25, 0.3) is 0 Å². The minimum Gasteiger partial charge on any atom is -0.387 e. The lowest BCUT2D eigenvalue weighted by atomic mass is 10.1. The van der Waals surface area contributed by atoms with Crippen LogP contribution >= 0.6 is 0 Å². The number of anilines is 1. The molecule has 0 saturated carbocycles. The van der Waals surface area contributed by atoms with Gasteiger partial charge in [-0.25, -0.2) is 19.6 Å². The lowest BCUT2D eigenvalue weighted by Gasteiger charge is -2.32. The van der Waals surface area contributed by atoms with Crippen molar-refractivity contribution in [2.75, 3.05) is 18.0 Å². The SMILES string of the molecule is CC(O)c1cn(C2CCN(c3ncnc4nc[nH]c34)CC2)nn1. The normalized spacial score (nSPS) is 17.7. The number of H-pyrrole nitrogens is 1. The van der Waals surface area contributed by atoms with E-state index in [4.69, 9.17) is 0 Å². The molecule has 23 heavy (non-hydrogen) atoms. The molecule has 2 N–H and O–H groups in total. The lowest BCUT2D eigenvalue weighted by molar-refractivity contribution is 0.194. The van der Waals surface area contributed by atoms with E-state index in [0.717, 1.165) is 37.3 Å². The fourth-order valence-corrected chi connectivity index (χ4v) is 2.99. The van der Waals surface area contributed by atoms with E-state index < -0.39 is 6.10 Å². The fourth-order valence-electron chi connectivity index (χ4n) is 2.99. The van der Waals surface area contributed by atoms with Gasteiger partial charge in [0, 0.05) is 13.1 Å². The Morgan fingerprint density at radius 3 is 2.83 bits per heavy atom. The molecule has 1 fully saturated rings. The van der Waals surface area contributed by atoms with Crippen molar-refractivity contribution in [3.8, 4) is 0 Å². The molecule has 0 aliphatic carbocycles. The van der Waals surface area contributed by atoms with E-state index in [0.29, 0.717) is 17.4 Å². The summed E-state index contributed by atoms with van der Waals surface area (Å²) in [5.74, 6) is 0.897. The first kappa shape index (κ1) is 14.1. The molecule has 0 radical (unpaired) electrons. The summed E-state index contributed by atoms with van der Waals surface area (Å²) in [6, 6.07) is 0.297. The van der Waals surface area contributed by atoms with Crippen LogP contribution < -0.4 is 4.90 Å². The van der Waals surface area contributed by atoms with Crippen LogP contribution in [0.4, 0.5) is 5.82 Å². The van der Waals surface area contributed by atoms with Crippen LogP contribution in [-0.4, -0.2) is 53.1 Å². The molecule has 0 aromatic carbocycles.